The maximum atomic E-state index is 12.8. The molecule has 94 valence electrons. The number of carbonyl (C=O) groups is 1. The summed E-state index contributed by atoms with van der Waals surface area (Å²) in [6.45, 7) is 0. The molecule has 0 unspecified atom stereocenters. The highest BCUT2D eigenvalue weighted by Crippen LogP contribution is 2.23. The Bertz CT molecular complexity index is 620. The minimum absolute atomic E-state index is 0.158. The van der Waals surface area contributed by atoms with Crippen LogP contribution >= 0.6 is 35.3 Å². The molecule has 0 fully saturated rings. The number of primary amides is 1. The van der Waals surface area contributed by atoms with Gasteiger partial charge in [-0.3, -0.25) is 4.79 Å². The van der Waals surface area contributed by atoms with Crippen molar-refractivity contribution in [3.05, 3.63) is 34.0 Å². The van der Waals surface area contributed by atoms with Gasteiger partial charge in [0.25, 0.3) is 0 Å². The number of halogens is 1. The summed E-state index contributed by atoms with van der Waals surface area (Å²) >= 11 is 7.68. The Hall–Kier alpha value is -1.25. The van der Waals surface area contributed by atoms with Crippen LogP contribution in [0, 0.1) is 9.77 Å². The van der Waals surface area contributed by atoms with Crippen molar-refractivity contribution in [2.24, 2.45) is 5.73 Å². The number of hydrogen-bond acceptors (Lipinski definition) is 5. The summed E-state index contributed by atoms with van der Waals surface area (Å²) in [5.41, 5.74) is 5.74. The second kappa shape index (κ2) is 5.59. The number of nitrogens with two attached hydrogens (primary N) is 1. The summed E-state index contributed by atoms with van der Waals surface area (Å²) in [5, 5.41) is 4.25. The molecule has 0 saturated carbocycles. The van der Waals surface area contributed by atoms with Crippen LogP contribution in [0.25, 0.3) is 5.69 Å². The molecule has 0 aliphatic rings. The molecule has 1 heterocycles. The van der Waals surface area contributed by atoms with E-state index < -0.39 is 5.91 Å². The number of carbonyl (C=O) groups excluding carboxylic acids is 1. The van der Waals surface area contributed by atoms with Gasteiger partial charge in [0.15, 0.2) is 8.29 Å². The average molecular weight is 301 g/mol. The number of rotatable bonds is 4. The van der Waals surface area contributed by atoms with E-state index >= 15 is 0 Å². The monoisotopic (exact) mass is 301 g/mol. The van der Waals surface area contributed by atoms with Crippen molar-refractivity contribution in [1.29, 1.82) is 0 Å². The molecular weight excluding hydrogens is 293 g/mol. The predicted octanol–water partition coefficient (Wildman–Crippen LogP) is 2.38. The van der Waals surface area contributed by atoms with Gasteiger partial charge in [0.1, 0.15) is 5.82 Å². The molecule has 0 aliphatic carbocycles. The van der Waals surface area contributed by atoms with Crippen molar-refractivity contribution in [3.63, 3.8) is 0 Å². The molecular formula is C10H8FN3OS3. The smallest absolute Gasteiger partial charge is 0.227 e. The highest BCUT2D eigenvalue weighted by Gasteiger charge is 2.07. The van der Waals surface area contributed by atoms with E-state index in [1.807, 2.05) is 0 Å². The number of amides is 1. The predicted molar refractivity (Wildman–Crippen MR) is 72.2 cm³/mol. The van der Waals surface area contributed by atoms with Gasteiger partial charge in [0.2, 0.25) is 5.91 Å². The minimum Gasteiger partial charge on any atom is -0.369 e. The van der Waals surface area contributed by atoms with Crippen molar-refractivity contribution in [3.8, 4) is 5.69 Å². The number of hydrogen-bond donors (Lipinski definition) is 1. The zero-order valence-corrected chi connectivity index (χ0v) is 11.4. The van der Waals surface area contributed by atoms with Gasteiger partial charge in [-0.15, -0.1) is 5.10 Å². The van der Waals surface area contributed by atoms with Crippen molar-refractivity contribution < 1.29 is 9.18 Å². The Morgan fingerprint density at radius 1 is 1.50 bits per heavy atom. The third-order valence-corrected chi connectivity index (χ3v) is 4.33. The molecule has 2 N–H and O–H groups in total. The van der Waals surface area contributed by atoms with Gasteiger partial charge in [-0.1, -0.05) is 23.1 Å². The largest absolute Gasteiger partial charge is 0.369 e. The normalized spacial score (nSPS) is 10.5. The lowest BCUT2D eigenvalue weighted by molar-refractivity contribution is -0.115. The van der Waals surface area contributed by atoms with E-state index in [-0.39, 0.29) is 11.6 Å². The summed E-state index contributed by atoms with van der Waals surface area (Å²) in [4.78, 5) is 10.7. The van der Waals surface area contributed by atoms with Crippen molar-refractivity contribution >= 4 is 41.2 Å². The Balaban J connectivity index is 2.26. The van der Waals surface area contributed by atoms with Crippen LogP contribution in [0.15, 0.2) is 28.6 Å². The van der Waals surface area contributed by atoms with E-state index in [4.69, 9.17) is 18.0 Å². The molecule has 4 nitrogen and oxygen atoms in total. The molecule has 0 atom stereocenters. The molecule has 18 heavy (non-hydrogen) atoms. The van der Waals surface area contributed by atoms with Gasteiger partial charge >= 0.3 is 0 Å². The lowest BCUT2D eigenvalue weighted by Gasteiger charge is -1.99. The molecule has 0 spiro atoms. The molecule has 0 radical (unpaired) electrons. The quantitative estimate of drug-likeness (QED) is 0.696. The van der Waals surface area contributed by atoms with Crippen LogP contribution in [0.2, 0.25) is 0 Å². The first-order valence-corrected chi connectivity index (χ1v) is 7.04. The average Bonchev–Trinajstić information content (AvgIpc) is 2.69. The van der Waals surface area contributed by atoms with Gasteiger partial charge in [0, 0.05) is 0 Å². The van der Waals surface area contributed by atoms with Crippen molar-refractivity contribution in [2.45, 2.75) is 4.34 Å². The van der Waals surface area contributed by atoms with Crippen LogP contribution < -0.4 is 5.73 Å². The minimum atomic E-state index is -0.408. The Morgan fingerprint density at radius 2 is 2.17 bits per heavy atom. The van der Waals surface area contributed by atoms with Crippen LogP contribution in [0.4, 0.5) is 4.39 Å². The molecule has 1 aromatic heterocycles. The molecule has 0 bridgehead atoms. The summed E-state index contributed by atoms with van der Waals surface area (Å²) in [6, 6.07) is 5.86. The number of benzene rings is 1. The third-order valence-electron chi connectivity index (χ3n) is 1.94. The van der Waals surface area contributed by atoms with E-state index in [0.29, 0.717) is 14.0 Å². The first-order chi connectivity index (χ1) is 8.56. The number of thioether (sulfide) groups is 1. The van der Waals surface area contributed by atoms with Gasteiger partial charge < -0.3 is 5.73 Å². The summed E-state index contributed by atoms with van der Waals surface area (Å²) in [6.07, 6.45) is 0. The van der Waals surface area contributed by atoms with E-state index in [0.717, 1.165) is 0 Å². The maximum absolute atomic E-state index is 12.8. The molecule has 2 aromatic rings. The SMILES string of the molecule is NC(=O)CSc1nn(-c2ccc(F)cc2)c(=S)s1. The van der Waals surface area contributed by atoms with Gasteiger partial charge in [-0.25, -0.2) is 9.07 Å². The van der Waals surface area contributed by atoms with E-state index in [9.17, 15) is 9.18 Å². The highest BCUT2D eigenvalue weighted by atomic mass is 32.2. The fraction of sp³-hybridized carbons (Fsp3) is 0.100. The topological polar surface area (TPSA) is 60.9 Å². The molecule has 1 aromatic carbocycles. The Kier molecular flexibility index (Phi) is 4.10. The van der Waals surface area contributed by atoms with Crippen molar-refractivity contribution in [1.82, 2.24) is 9.78 Å². The molecule has 8 heteroatoms. The standard InChI is InChI=1S/C10H8FN3OS3/c11-6-1-3-7(4-2-6)14-10(16)18-9(13-14)17-5-8(12)15/h1-4H,5H2,(H2,12,15). The second-order valence-electron chi connectivity index (χ2n) is 3.28. The second-order valence-corrected chi connectivity index (χ2v) is 6.12. The van der Waals surface area contributed by atoms with Crippen LogP contribution in [-0.4, -0.2) is 21.4 Å². The highest BCUT2D eigenvalue weighted by molar-refractivity contribution is 8.01. The zero-order chi connectivity index (χ0) is 13.1. The molecule has 0 saturated heterocycles. The van der Waals surface area contributed by atoms with E-state index in [2.05, 4.69) is 5.10 Å². The number of nitrogens with zero attached hydrogens (tertiary/aromatic N) is 2. The lowest BCUT2D eigenvalue weighted by atomic mass is 10.3. The first kappa shape index (κ1) is 13.2. The van der Waals surface area contributed by atoms with Crippen LogP contribution in [0.5, 0.6) is 0 Å². The fourth-order valence-electron chi connectivity index (χ4n) is 1.20. The van der Waals surface area contributed by atoms with Crippen LogP contribution in [0.3, 0.4) is 0 Å². The fourth-order valence-corrected chi connectivity index (χ4v) is 3.30. The molecule has 2 rings (SSSR count). The zero-order valence-electron chi connectivity index (χ0n) is 9.00. The van der Waals surface area contributed by atoms with Gasteiger partial charge in [-0.2, -0.15) is 0 Å². The molecule has 1 amide bonds. The molecule has 0 aliphatic heterocycles. The van der Waals surface area contributed by atoms with Crippen LogP contribution in [0.1, 0.15) is 0 Å². The summed E-state index contributed by atoms with van der Waals surface area (Å²) < 4.78 is 15.5. The lowest BCUT2D eigenvalue weighted by Crippen LogP contribution is -2.12. The number of aromatic nitrogens is 2. The maximum Gasteiger partial charge on any atom is 0.227 e. The Labute approximate surface area is 116 Å². The van der Waals surface area contributed by atoms with Crippen molar-refractivity contribution in [2.75, 3.05) is 5.75 Å². The van der Waals surface area contributed by atoms with E-state index in [1.165, 1.54) is 39.9 Å². The first-order valence-electron chi connectivity index (χ1n) is 4.83. The van der Waals surface area contributed by atoms with Gasteiger partial charge in [-0.05, 0) is 36.5 Å². The summed E-state index contributed by atoms with van der Waals surface area (Å²) in [5.74, 6) is -0.565. The van der Waals surface area contributed by atoms with Crippen LogP contribution in [-0.2, 0) is 4.79 Å². The third kappa shape index (κ3) is 3.15. The summed E-state index contributed by atoms with van der Waals surface area (Å²) in [7, 11) is 0. The van der Waals surface area contributed by atoms with E-state index in [1.54, 1.807) is 12.1 Å². The van der Waals surface area contributed by atoms with Gasteiger partial charge in [0.05, 0.1) is 11.4 Å². The Morgan fingerprint density at radius 3 is 2.78 bits per heavy atom.